The highest BCUT2D eigenvalue weighted by atomic mass is 32.2. The van der Waals surface area contributed by atoms with Crippen molar-refractivity contribution in [2.24, 2.45) is 0 Å². The molecule has 0 spiro atoms. The molecule has 2 fully saturated rings. The summed E-state index contributed by atoms with van der Waals surface area (Å²) in [5.74, 6) is 2.55. The standard InChI is InChI=1S/C20H29N5S/c1-14-13-21-20-19(22-14)18-16-5-3-4-15(23(16)2)12-17(18)25(20)7-6-24-8-10-26-11-9-24/h13,15-16H,3-12H2,1-2H3. The summed E-state index contributed by atoms with van der Waals surface area (Å²) in [7, 11) is 2.31. The number of aromatic nitrogens is 3. The van der Waals surface area contributed by atoms with Gasteiger partial charge in [0.2, 0.25) is 0 Å². The summed E-state index contributed by atoms with van der Waals surface area (Å²) in [5, 5.41) is 0. The van der Waals surface area contributed by atoms with Gasteiger partial charge in [-0.1, -0.05) is 0 Å². The number of hydrogen-bond acceptors (Lipinski definition) is 5. The van der Waals surface area contributed by atoms with E-state index in [-0.39, 0.29) is 0 Å². The molecule has 3 aliphatic rings. The van der Waals surface area contributed by atoms with Crippen LogP contribution < -0.4 is 0 Å². The van der Waals surface area contributed by atoms with Crippen LogP contribution in [0.4, 0.5) is 0 Å². The van der Waals surface area contributed by atoms with Crippen LogP contribution in [0.5, 0.6) is 0 Å². The van der Waals surface area contributed by atoms with Crippen molar-refractivity contribution in [2.75, 3.05) is 38.2 Å². The maximum atomic E-state index is 4.96. The highest BCUT2D eigenvalue weighted by molar-refractivity contribution is 7.99. The fourth-order valence-electron chi connectivity index (χ4n) is 5.16. The third-order valence-corrected chi connectivity index (χ3v) is 7.55. The first kappa shape index (κ1) is 17.0. The number of nitrogens with zero attached hydrogens (tertiary/aromatic N) is 5. The molecule has 2 aromatic heterocycles. The van der Waals surface area contributed by atoms with Crippen molar-refractivity contribution in [3.05, 3.63) is 23.1 Å². The molecule has 5 nitrogen and oxygen atoms in total. The zero-order chi connectivity index (χ0) is 17.7. The highest BCUT2D eigenvalue weighted by Crippen LogP contribution is 2.44. The molecule has 5 rings (SSSR count). The van der Waals surface area contributed by atoms with E-state index in [1.807, 2.05) is 6.20 Å². The Morgan fingerprint density at radius 3 is 2.88 bits per heavy atom. The zero-order valence-corrected chi connectivity index (χ0v) is 16.8. The molecule has 0 saturated carbocycles. The largest absolute Gasteiger partial charge is 0.327 e. The van der Waals surface area contributed by atoms with Crippen molar-refractivity contribution in [1.29, 1.82) is 0 Å². The smallest absolute Gasteiger partial charge is 0.159 e. The number of thioether (sulfide) groups is 1. The average molecular weight is 372 g/mol. The summed E-state index contributed by atoms with van der Waals surface area (Å²) in [4.78, 5) is 15.0. The molecule has 2 bridgehead atoms. The molecule has 5 heterocycles. The van der Waals surface area contributed by atoms with Crippen molar-refractivity contribution in [1.82, 2.24) is 24.3 Å². The Morgan fingerprint density at radius 2 is 2.04 bits per heavy atom. The van der Waals surface area contributed by atoms with Gasteiger partial charge in [-0.3, -0.25) is 9.80 Å². The molecule has 3 aliphatic heterocycles. The zero-order valence-electron chi connectivity index (χ0n) is 15.9. The summed E-state index contributed by atoms with van der Waals surface area (Å²) >= 11 is 2.08. The number of rotatable bonds is 3. The molecule has 2 saturated heterocycles. The van der Waals surface area contributed by atoms with Crippen molar-refractivity contribution >= 4 is 22.9 Å². The Hall–Kier alpha value is -1.11. The monoisotopic (exact) mass is 371 g/mol. The highest BCUT2D eigenvalue weighted by Gasteiger charge is 2.39. The van der Waals surface area contributed by atoms with Crippen LogP contribution in [0.2, 0.25) is 0 Å². The minimum atomic E-state index is 0.531. The van der Waals surface area contributed by atoms with Crippen LogP contribution in [0.25, 0.3) is 11.2 Å². The molecule has 0 N–H and O–H groups in total. The van der Waals surface area contributed by atoms with E-state index in [2.05, 4.69) is 40.1 Å². The molecule has 26 heavy (non-hydrogen) atoms. The maximum absolute atomic E-state index is 4.96. The first-order valence-corrected chi connectivity index (χ1v) is 11.2. The van der Waals surface area contributed by atoms with Gasteiger partial charge in [-0.05, 0) is 33.2 Å². The molecule has 0 radical (unpaired) electrons. The minimum Gasteiger partial charge on any atom is -0.327 e. The number of likely N-dealkylation sites (N-methyl/N-ethyl adjacent to an activating group) is 1. The van der Waals surface area contributed by atoms with Gasteiger partial charge in [0, 0.05) is 67.4 Å². The van der Waals surface area contributed by atoms with E-state index in [4.69, 9.17) is 9.97 Å². The van der Waals surface area contributed by atoms with E-state index in [0.717, 1.165) is 30.9 Å². The lowest BCUT2D eigenvalue weighted by atomic mass is 9.83. The van der Waals surface area contributed by atoms with Crippen LogP contribution in [-0.2, 0) is 13.0 Å². The van der Waals surface area contributed by atoms with Crippen molar-refractivity contribution in [3.63, 3.8) is 0 Å². The van der Waals surface area contributed by atoms with Gasteiger partial charge in [0.15, 0.2) is 5.65 Å². The Labute approximate surface area is 160 Å². The van der Waals surface area contributed by atoms with Crippen LogP contribution in [0.3, 0.4) is 0 Å². The number of hydrogen-bond donors (Lipinski definition) is 0. The van der Waals surface area contributed by atoms with Crippen molar-refractivity contribution in [3.8, 4) is 0 Å². The van der Waals surface area contributed by atoms with E-state index >= 15 is 0 Å². The van der Waals surface area contributed by atoms with Crippen LogP contribution >= 0.6 is 11.8 Å². The Kier molecular flexibility index (Phi) is 4.45. The summed E-state index contributed by atoms with van der Waals surface area (Å²) in [6.45, 7) is 6.71. The molecular formula is C20H29N5S. The number of aryl methyl sites for hydroxylation is 1. The predicted molar refractivity (Wildman–Crippen MR) is 108 cm³/mol. The van der Waals surface area contributed by atoms with E-state index in [1.54, 1.807) is 0 Å². The van der Waals surface area contributed by atoms with Crippen LogP contribution in [0.1, 0.15) is 42.3 Å². The number of piperidine rings is 1. The molecule has 0 aliphatic carbocycles. The summed E-state index contributed by atoms with van der Waals surface area (Å²) in [5.41, 5.74) is 6.35. The van der Waals surface area contributed by atoms with Crippen LogP contribution in [0.15, 0.2) is 6.20 Å². The van der Waals surface area contributed by atoms with Crippen molar-refractivity contribution < 1.29 is 0 Å². The minimum absolute atomic E-state index is 0.531. The summed E-state index contributed by atoms with van der Waals surface area (Å²) in [6.07, 6.45) is 7.04. The van der Waals surface area contributed by atoms with E-state index in [1.165, 1.54) is 60.6 Å². The fourth-order valence-corrected chi connectivity index (χ4v) is 6.14. The third kappa shape index (κ3) is 2.77. The second-order valence-corrected chi connectivity index (χ2v) is 9.34. The molecule has 0 aromatic carbocycles. The second kappa shape index (κ2) is 6.80. The lowest BCUT2D eigenvalue weighted by Crippen LogP contribution is -2.44. The van der Waals surface area contributed by atoms with Gasteiger partial charge in [-0.25, -0.2) is 9.97 Å². The lowest BCUT2D eigenvalue weighted by molar-refractivity contribution is 0.0984. The molecule has 140 valence electrons. The molecule has 2 atom stereocenters. The second-order valence-electron chi connectivity index (χ2n) is 8.12. The normalized spacial score (nSPS) is 27.0. The molecule has 6 heteroatoms. The van der Waals surface area contributed by atoms with Gasteiger partial charge in [0.1, 0.15) is 5.52 Å². The van der Waals surface area contributed by atoms with Gasteiger partial charge >= 0.3 is 0 Å². The van der Waals surface area contributed by atoms with Crippen molar-refractivity contribution in [2.45, 2.75) is 51.2 Å². The molecular weight excluding hydrogens is 342 g/mol. The topological polar surface area (TPSA) is 37.2 Å². The Balaban J connectivity index is 1.56. The average Bonchev–Trinajstić information content (AvgIpc) is 2.93. The Morgan fingerprint density at radius 1 is 1.19 bits per heavy atom. The third-order valence-electron chi connectivity index (χ3n) is 6.61. The maximum Gasteiger partial charge on any atom is 0.159 e. The fraction of sp³-hybridized carbons (Fsp3) is 0.700. The van der Waals surface area contributed by atoms with Crippen LogP contribution in [-0.4, -0.2) is 68.6 Å². The van der Waals surface area contributed by atoms with E-state index in [9.17, 15) is 0 Å². The van der Waals surface area contributed by atoms with Gasteiger partial charge in [-0.15, -0.1) is 0 Å². The first-order chi connectivity index (χ1) is 12.7. The molecule has 0 amide bonds. The van der Waals surface area contributed by atoms with Gasteiger partial charge in [-0.2, -0.15) is 11.8 Å². The van der Waals surface area contributed by atoms with Gasteiger partial charge in [0.05, 0.1) is 11.9 Å². The SMILES string of the molecule is Cc1cnc2c(n1)c1c(n2CCN2CCSCC2)CC2CCCC1N2C. The van der Waals surface area contributed by atoms with E-state index < -0.39 is 0 Å². The quantitative estimate of drug-likeness (QED) is 0.829. The Bertz CT molecular complexity index is 810. The van der Waals surface area contributed by atoms with E-state index in [0.29, 0.717) is 12.1 Å². The molecule has 2 aromatic rings. The summed E-state index contributed by atoms with van der Waals surface area (Å²) < 4.78 is 2.52. The summed E-state index contributed by atoms with van der Waals surface area (Å²) in [6, 6.07) is 1.22. The predicted octanol–water partition coefficient (Wildman–Crippen LogP) is 2.87. The van der Waals surface area contributed by atoms with Crippen LogP contribution in [0, 0.1) is 6.92 Å². The van der Waals surface area contributed by atoms with Gasteiger partial charge in [0.25, 0.3) is 0 Å². The first-order valence-electron chi connectivity index (χ1n) is 10.1. The molecule has 2 unspecified atom stereocenters. The van der Waals surface area contributed by atoms with Gasteiger partial charge < -0.3 is 4.57 Å². The lowest BCUT2D eigenvalue weighted by Gasteiger charge is -2.44. The number of fused-ring (bicyclic) bond motifs is 6.